The number of carbonyl (C=O) groups excluding carboxylic acids is 1. The average Bonchev–Trinajstić information content (AvgIpc) is 3.30. The molecule has 0 spiro atoms. The standard InChI is InChI=1S/C31H30ClN3O5/c1-21-26(32)7-3-9-28(21)39-16-4-10-29(36)35-15-5-17-40-30-25(6-2-8-27(30)35)24-18-33-34(20-24)19-22-11-13-23(14-12-22)31(37)38/h2-3,6-9,11-14,18,20H,4-5,10,15-17,19H2,1H3,(H,37,38). The molecule has 0 radical (unpaired) electrons. The largest absolute Gasteiger partial charge is 0.493 e. The van der Waals surface area contributed by atoms with Gasteiger partial charge < -0.3 is 19.5 Å². The fourth-order valence-electron chi connectivity index (χ4n) is 4.71. The Morgan fingerprint density at radius 1 is 1.10 bits per heavy atom. The maximum absolute atomic E-state index is 13.3. The highest BCUT2D eigenvalue weighted by molar-refractivity contribution is 6.31. The number of ether oxygens (including phenoxy) is 2. The van der Waals surface area contributed by atoms with Crippen molar-refractivity contribution in [1.29, 1.82) is 0 Å². The predicted molar refractivity (Wildman–Crippen MR) is 154 cm³/mol. The monoisotopic (exact) mass is 559 g/mol. The average molecular weight is 560 g/mol. The maximum atomic E-state index is 13.3. The number of halogens is 1. The zero-order valence-corrected chi connectivity index (χ0v) is 22.9. The molecule has 0 saturated carbocycles. The van der Waals surface area contributed by atoms with Crippen molar-refractivity contribution in [3.05, 3.63) is 94.8 Å². The fourth-order valence-corrected chi connectivity index (χ4v) is 4.87. The summed E-state index contributed by atoms with van der Waals surface area (Å²) >= 11 is 6.18. The summed E-state index contributed by atoms with van der Waals surface area (Å²) in [5.74, 6) is 0.474. The molecule has 0 saturated heterocycles. The Labute approximate surface area is 237 Å². The normalized spacial score (nSPS) is 12.8. The van der Waals surface area contributed by atoms with Gasteiger partial charge in [0.15, 0.2) is 5.75 Å². The number of rotatable bonds is 9. The second-order valence-corrected chi connectivity index (χ2v) is 10.1. The van der Waals surface area contributed by atoms with E-state index in [1.54, 1.807) is 35.1 Å². The van der Waals surface area contributed by atoms with Crippen LogP contribution in [0.15, 0.2) is 73.1 Å². The first-order valence-corrected chi connectivity index (χ1v) is 13.6. The van der Waals surface area contributed by atoms with Crippen molar-refractivity contribution >= 4 is 29.2 Å². The lowest BCUT2D eigenvalue weighted by molar-refractivity contribution is -0.118. The van der Waals surface area contributed by atoms with Gasteiger partial charge in [0.2, 0.25) is 5.91 Å². The molecule has 40 heavy (non-hydrogen) atoms. The molecule has 4 aromatic rings. The Kier molecular flexibility index (Phi) is 8.36. The fraction of sp³-hybridized carbons (Fsp3) is 0.258. The van der Waals surface area contributed by atoms with Crippen LogP contribution in [-0.2, 0) is 11.3 Å². The molecular weight excluding hydrogens is 530 g/mol. The SMILES string of the molecule is Cc1c(Cl)cccc1OCCCC(=O)N1CCCOc2c(-c3cnn(Cc4ccc(C(=O)O)cc4)c3)cccc21. The lowest BCUT2D eigenvalue weighted by Gasteiger charge is -2.23. The molecule has 1 aromatic heterocycles. The van der Waals surface area contributed by atoms with Crippen molar-refractivity contribution in [2.45, 2.75) is 32.7 Å². The van der Waals surface area contributed by atoms with Crippen LogP contribution in [0, 0.1) is 6.92 Å². The molecule has 1 aliphatic rings. The second kappa shape index (κ2) is 12.3. The Hall–Kier alpha value is -4.30. The molecule has 5 rings (SSSR count). The molecule has 206 valence electrons. The molecule has 0 atom stereocenters. The molecule has 0 aliphatic carbocycles. The summed E-state index contributed by atoms with van der Waals surface area (Å²) in [7, 11) is 0. The number of fused-ring (bicyclic) bond motifs is 1. The van der Waals surface area contributed by atoms with Gasteiger partial charge >= 0.3 is 5.97 Å². The van der Waals surface area contributed by atoms with Crippen LogP contribution in [0.25, 0.3) is 11.1 Å². The van der Waals surface area contributed by atoms with Crippen LogP contribution < -0.4 is 14.4 Å². The molecule has 8 nitrogen and oxygen atoms in total. The zero-order chi connectivity index (χ0) is 28.1. The molecule has 0 unspecified atom stereocenters. The molecular formula is C31H30ClN3O5. The molecule has 1 aliphatic heterocycles. The first-order chi connectivity index (χ1) is 19.4. The summed E-state index contributed by atoms with van der Waals surface area (Å²) in [5.41, 5.74) is 4.57. The van der Waals surface area contributed by atoms with Crippen molar-refractivity contribution in [2.24, 2.45) is 0 Å². The maximum Gasteiger partial charge on any atom is 0.335 e. The first-order valence-electron chi connectivity index (χ1n) is 13.2. The number of hydrogen-bond donors (Lipinski definition) is 1. The molecule has 2 heterocycles. The number of para-hydroxylation sites is 1. The van der Waals surface area contributed by atoms with E-state index in [1.165, 1.54) is 0 Å². The van der Waals surface area contributed by atoms with E-state index in [9.17, 15) is 9.59 Å². The Morgan fingerprint density at radius 2 is 1.90 bits per heavy atom. The van der Waals surface area contributed by atoms with E-state index in [0.717, 1.165) is 40.1 Å². The minimum Gasteiger partial charge on any atom is -0.493 e. The molecule has 1 amide bonds. The van der Waals surface area contributed by atoms with Crippen molar-refractivity contribution in [3.8, 4) is 22.6 Å². The Balaban J connectivity index is 1.27. The van der Waals surface area contributed by atoms with Crippen LogP contribution in [0.1, 0.15) is 40.7 Å². The number of nitrogens with zero attached hydrogens (tertiary/aromatic N) is 3. The van der Waals surface area contributed by atoms with Gasteiger partial charge in [0, 0.05) is 40.9 Å². The molecule has 0 fully saturated rings. The van der Waals surface area contributed by atoms with Crippen LogP contribution in [0.4, 0.5) is 5.69 Å². The number of benzene rings is 3. The van der Waals surface area contributed by atoms with Gasteiger partial charge in [-0.15, -0.1) is 0 Å². The molecule has 3 aromatic carbocycles. The van der Waals surface area contributed by atoms with Crippen molar-refractivity contribution < 1.29 is 24.2 Å². The Morgan fingerprint density at radius 3 is 2.70 bits per heavy atom. The lowest BCUT2D eigenvalue weighted by Crippen LogP contribution is -2.31. The van der Waals surface area contributed by atoms with Gasteiger partial charge in [-0.3, -0.25) is 9.48 Å². The van der Waals surface area contributed by atoms with Crippen LogP contribution in [-0.4, -0.2) is 46.5 Å². The van der Waals surface area contributed by atoms with E-state index in [2.05, 4.69) is 5.10 Å². The minimum absolute atomic E-state index is 0.0239. The smallest absolute Gasteiger partial charge is 0.335 e. The topological polar surface area (TPSA) is 93.9 Å². The van der Waals surface area contributed by atoms with Crippen LogP contribution >= 0.6 is 11.6 Å². The predicted octanol–water partition coefficient (Wildman–Crippen LogP) is 6.23. The number of amides is 1. The number of carbonyl (C=O) groups is 2. The third kappa shape index (κ3) is 6.13. The summed E-state index contributed by atoms with van der Waals surface area (Å²) in [4.78, 5) is 26.2. The molecule has 1 N–H and O–H groups in total. The molecule has 9 heteroatoms. The van der Waals surface area contributed by atoms with Crippen LogP contribution in [0.3, 0.4) is 0 Å². The third-order valence-corrected chi connectivity index (χ3v) is 7.27. The number of carboxylic acid groups (broad SMARTS) is 1. The van der Waals surface area contributed by atoms with E-state index in [-0.39, 0.29) is 11.5 Å². The summed E-state index contributed by atoms with van der Waals surface area (Å²) < 4.78 is 13.8. The summed E-state index contributed by atoms with van der Waals surface area (Å²) in [5, 5.41) is 14.3. The van der Waals surface area contributed by atoms with Gasteiger partial charge in [0.1, 0.15) is 5.75 Å². The van der Waals surface area contributed by atoms with Gasteiger partial charge in [-0.25, -0.2) is 4.79 Å². The highest BCUT2D eigenvalue weighted by Gasteiger charge is 2.25. The highest BCUT2D eigenvalue weighted by Crippen LogP contribution is 2.40. The molecule has 0 bridgehead atoms. The van der Waals surface area contributed by atoms with Crippen molar-refractivity contribution in [2.75, 3.05) is 24.7 Å². The van der Waals surface area contributed by atoms with E-state index >= 15 is 0 Å². The second-order valence-electron chi connectivity index (χ2n) is 9.64. The van der Waals surface area contributed by atoms with Gasteiger partial charge in [-0.1, -0.05) is 41.9 Å². The van der Waals surface area contributed by atoms with E-state index < -0.39 is 5.97 Å². The zero-order valence-electron chi connectivity index (χ0n) is 22.2. The van der Waals surface area contributed by atoms with Gasteiger partial charge in [-0.05, 0) is 55.7 Å². The van der Waals surface area contributed by atoms with Crippen LogP contribution in [0.2, 0.25) is 5.02 Å². The van der Waals surface area contributed by atoms with Gasteiger partial charge in [0.25, 0.3) is 0 Å². The lowest BCUT2D eigenvalue weighted by atomic mass is 10.1. The number of aromatic nitrogens is 2. The quantitative estimate of drug-likeness (QED) is 0.244. The Bertz CT molecular complexity index is 1520. The summed E-state index contributed by atoms with van der Waals surface area (Å²) in [6, 6.07) is 18.1. The number of aromatic carboxylic acids is 1. The third-order valence-electron chi connectivity index (χ3n) is 6.86. The van der Waals surface area contributed by atoms with E-state index in [4.69, 9.17) is 26.2 Å². The summed E-state index contributed by atoms with van der Waals surface area (Å²) in [6.45, 7) is 3.92. The van der Waals surface area contributed by atoms with Gasteiger partial charge in [-0.2, -0.15) is 5.10 Å². The first kappa shape index (κ1) is 27.3. The minimum atomic E-state index is -0.953. The van der Waals surface area contributed by atoms with Crippen molar-refractivity contribution in [3.63, 3.8) is 0 Å². The number of hydrogen-bond acceptors (Lipinski definition) is 5. The van der Waals surface area contributed by atoms with Gasteiger partial charge in [0.05, 0.1) is 37.2 Å². The highest BCUT2D eigenvalue weighted by atomic mass is 35.5. The number of anilines is 1. The van der Waals surface area contributed by atoms with Crippen LogP contribution in [0.5, 0.6) is 11.5 Å². The summed E-state index contributed by atoms with van der Waals surface area (Å²) in [6.07, 6.45) is 5.36. The van der Waals surface area contributed by atoms with E-state index in [1.807, 2.05) is 54.4 Å². The number of carboxylic acids is 1. The van der Waals surface area contributed by atoms with Crippen molar-refractivity contribution in [1.82, 2.24) is 9.78 Å². The van der Waals surface area contributed by atoms with E-state index in [0.29, 0.717) is 49.9 Å².